The molecule has 4 heteroatoms. The Labute approximate surface area is 146 Å². The first-order valence-electron chi connectivity index (χ1n) is 7.88. The molecule has 0 atom stereocenters. The maximum Gasteiger partial charge on any atom is 0.252 e. The van der Waals surface area contributed by atoms with Gasteiger partial charge in [-0.2, -0.15) is 0 Å². The van der Waals surface area contributed by atoms with Gasteiger partial charge >= 0.3 is 0 Å². The Morgan fingerprint density at radius 1 is 1.12 bits per heavy atom. The summed E-state index contributed by atoms with van der Waals surface area (Å²) in [7, 11) is 0. The number of amides is 1. The molecule has 2 aromatic heterocycles. The standard InChI is InChI=1S/C20H20N2OS/c1-13-7-14(2)19(15(3)8-13)20(23)22-11-16-9-17(12-21-10-16)18-5-4-6-24-18/h4-10,12H,11H2,1-3H3,(H,22,23). The van der Waals surface area contributed by atoms with Crippen molar-refractivity contribution in [1.29, 1.82) is 0 Å². The van der Waals surface area contributed by atoms with Crippen molar-refractivity contribution in [2.24, 2.45) is 0 Å². The van der Waals surface area contributed by atoms with Crippen LogP contribution in [0.15, 0.2) is 48.1 Å². The van der Waals surface area contributed by atoms with Crippen molar-refractivity contribution in [3.05, 3.63) is 75.9 Å². The molecule has 1 amide bonds. The average molecular weight is 336 g/mol. The maximum absolute atomic E-state index is 12.6. The van der Waals surface area contributed by atoms with Crippen molar-refractivity contribution >= 4 is 17.2 Å². The van der Waals surface area contributed by atoms with Crippen LogP contribution >= 0.6 is 11.3 Å². The van der Waals surface area contributed by atoms with Crippen LogP contribution in [0.2, 0.25) is 0 Å². The molecule has 0 aliphatic heterocycles. The van der Waals surface area contributed by atoms with Gasteiger partial charge in [0.15, 0.2) is 0 Å². The Morgan fingerprint density at radius 3 is 2.54 bits per heavy atom. The van der Waals surface area contributed by atoms with Crippen molar-refractivity contribution in [2.45, 2.75) is 27.3 Å². The van der Waals surface area contributed by atoms with Gasteiger partial charge in [-0.25, -0.2) is 0 Å². The minimum absolute atomic E-state index is 0.0356. The Kier molecular flexibility index (Phi) is 4.76. The number of nitrogens with one attached hydrogen (secondary N) is 1. The van der Waals surface area contributed by atoms with E-state index in [0.717, 1.165) is 27.8 Å². The predicted molar refractivity (Wildman–Crippen MR) is 99.4 cm³/mol. The van der Waals surface area contributed by atoms with Gasteiger partial charge in [0.2, 0.25) is 0 Å². The second kappa shape index (κ2) is 6.97. The number of aromatic nitrogens is 1. The quantitative estimate of drug-likeness (QED) is 0.752. The van der Waals surface area contributed by atoms with E-state index in [1.165, 1.54) is 10.4 Å². The van der Waals surface area contributed by atoms with Gasteiger partial charge in [0.25, 0.3) is 5.91 Å². The molecule has 0 aliphatic rings. The fraction of sp³-hybridized carbons (Fsp3) is 0.200. The summed E-state index contributed by atoms with van der Waals surface area (Å²) >= 11 is 1.68. The number of hydrogen-bond acceptors (Lipinski definition) is 3. The number of carbonyl (C=O) groups excluding carboxylic acids is 1. The van der Waals surface area contributed by atoms with E-state index >= 15 is 0 Å². The number of aryl methyl sites for hydroxylation is 3. The van der Waals surface area contributed by atoms with Crippen LogP contribution in [0.25, 0.3) is 10.4 Å². The maximum atomic E-state index is 12.6. The van der Waals surface area contributed by atoms with Gasteiger partial charge in [0, 0.05) is 34.9 Å². The van der Waals surface area contributed by atoms with E-state index in [1.54, 1.807) is 17.5 Å². The van der Waals surface area contributed by atoms with Crippen LogP contribution in [0.5, 0.6) is 0 Å². The summed E-state index contributed by atoms with van der Waals surface area (Å²) in [5.74, 6) is -0.0356. The minimum atomic E-state index is -0.0356. The summed E-state index contributed by atoms with van der Waals surface area (Å²) in [6, 6.07) is 10.3. The highest BCUT2D eigenvalue weighted by Gasteiger charge is 2.12. The molecule has 0 fully saturated rings. The summed E-state index contributed by atoms with van der Waals surface area (Å²) in [4.78, 5) is 18.0. The molecule has 1 aromatic carbocycles. The smallest absolute Gasteiger partial charge is 0.252 e. The molecule has 1 N–H and O–H groups in total. The third-order valence-electron chi connectivity index (χ3n) is 3.96. The Morgan fingerprint density at radius 2 is 1.88 bits per heavy atom. The van der Waals surface area contributed by atoms with Crippen molar-refractivity contribution in [2.75, 3.05) is 0 Å². The number of nitrogens with zero attached hydrogens (tertiary/aromatic N) is 1. The number of rotatable bonds is 4. The van der Waals surface area contributed by atoms with Crippen molar-refractivity contribution in [3.63, 3.8) is 0 Å². The Balaban J connectivity index is 1.75. The lowest BCUT2D eigenvalue weighted by molar-refractivity contribution is 0.0949. The monoisotopic (exact) mass is 336 g/mol. The first-order chi connectivity index (χ1) is 11.5. The van der Waals surface area contributed by atoms with E-state index in [1.807, 2.05) is 50.5 Å². The molecule has 0 aliphatic carbocycles. The highest BCUT2D eigenvalue weighted by atomic mass is 32.1. The zero-order valence-electron chi connectivity index (χ0n) is 14.1. The molecular formula is C20H20N2OS. The second-order valence-corrected chi connectivity index (χ2v) is 6.96. The lowest BCUT2D eigenvalue weighted by Crippen LogP contribution is -2.24. The fourth-order valence-electron chi connectivity index (χ4n) is 2.97. The molecule has 2 heterocycles. The number of thiophene rings is 1. The third kappa shape index (κ3) is 3.54. The first-order valence-corrected chi connectivity index (χ1v) is 8.76. The van der Waals surface area contributed by atoms with Gasteiger partial charge in [0.05, 0.1) is 0 Å². The second-order valence-electron chi connectivity index (χ2n) is 6.02. The van der Waals surface area contributed by atoms with Crippen LogP contribution in [-0.2, 0) is 6.54 Å². The van der Waals surface area contributed by atoms with Crippen LogP contribution in [0, 0.1) is 20.8 Å². The van der Waals surface area contributed by atoms with Gasteiger partial charge < -0.3 is 5.32 Å². The summed E-state index contributed by atoms with van der Waals surface area (Å²) in [6.07, 6.45) is 3.65. The largest absolute Gasteiger partial charge is 0.348 e. The molecule has 0 spiro atoms. The predicted octanol–water partition coefficient (Wildman–Crippen LogP) is 4.67. The average Bonchev–Trinajstić information content (AvgIpc) is 3.07. The molecule has 3 rings (SSSR count). The Bertz CT molecular complexity index is 846. The van der Waals surface area contributed by atoms with Gasteiger partial charge in [-0.15, -0.1) is 11.3 Å². The summed E-state index contributed by atoms with van der Waals surface area (Å²) in [5, 5.41) is 5.06. The van der Waals surface area contributed by atoms with E-state index in [2.05, 4.69) is 22.4 Å². The van der Waals surface area contributed by atoms with Gasteiger partial charge in [-0.3, -0.25) is 9.78 Å². The summed E-state index contributed by atoms with van der Waals surface area (Å²) in [6.45, 7) is 6.48. The molecule has 0 saturated heterocycles. The van der Waals surface area contributed by atoms with Gasteiger partial charge in [-0.1, -0.05) is 23.8 Å². The summed E-state index contributed by atoms with van der Waals surface area (Å²) < 4.78 is 0. The van der Waals surface area contributed by atoms with Crippen LogP contribution in [0.3, 0.4) is 0 Å². The van der Waals surface area contributed by atoms with Gasteiger partial charge in [0.1, 0.15) is 0 Å². The highest BCUT2D eigenvalue weighted by Crippen LogP contribution is 2.24. The van der Waals surface area contributed by atoms with Crippen LogP contribution < -0.4 is 5.32 Å². The number of hydrogen-bond donors (Lipinski definition) is 1. The SMILES string of the molecule is Cc1cc(C)c(C(=O)NCc2cncc(-c3cccs3)c2)c(C)c1. The lowest BCUT2D eigenvalue weighted by Gasteiger charge is -2.12. The molecule has 3 aromatic rings. The Hall–Kier alpha value is -2.46. The van der Waals surface area contributed by atoms with Crippen molar-refractivity contribution in [1.82, 2.24) is 10.3 Å². The molecule has 0 saturated carbocycles. The van der Waals surface area contributed by atoms with Crippen LogP contribution in [0.4, 0.5) is 0 Å². The molecule has 0 unspecified atom stereocenters. The molecule has 3 nitrogen and oxygen atoms in total. The highest BCUT2D eigenvalue weighted by molar-refractivity contribution is 7.13. The molecular weight excluding hydrogens is 316 g/mol. The fourth-order valence-corrected chi connectivity index (χ4v) is 3.68. The minimum Gasteiger partial charge on any atom is -0.348 e. The lowest BCUT2D eigenvalue weighted by atomic mass is 9.99. The van der Waals surface area contributed by atoms with Gasteiger partial charge in [-0.05, 0) is 55.0 Å². The van der Waals surface area contributed by atoms with E-state index in [-0.39, 0.29) is 5.91 Å². The molecule has 122 valence electrons. The van der Waals surface area contributed by atoms with Crippen LogP contribution in [0.1, 0.15) is 32.6 Å². The first kappa shape index (κ1) is 16.4. The van der Waals surface area contributed by atoms with Crippen molar-refractivity contribution in [3.8, 4) is 10.4 Å². The number of carbonyl (C=O) groups is 1. The number of benzene rings is 1. The normalized spacial score (nSPS) is 10.6. The number of pyridine rings is 1. The van der Waals surface area contributed by atoms with E-state index < -0.39 is 0 Å². The summed E-state index contributed by atoms with van der Waals surface area (Å²) in [5.41, 5.74) is 6.04. The molecule has 24 heavy (non-hydrogen) atoms. The van der Waals surface area contributed by atoms with Crippen molar-refractivity contribution < 1.29 is 4.79 Å². The van der Waals surface area contributed by atoms with E-state index in [0.29, 0.717) is 6.54 Å². The van der Waals surface area contributed by atoms with E-state index in [4.69, 9.17) is 0 Å². The van der Waals surface area contributed by atoms with Crippen LogP contribution in [-0.4, -0.2) is 10.9 Å². The zero-order valence-corrected chi connectivity index (χ0v) is 14.9. The molecule has 0 radical (unpaired) electrons. The molecule has 0 bridgehead atoms. The van der Waals surface area contributed by atoms with E-state index in [9.17, 15) is 4.79 Å². The topological polar surface area (TPSA) is 42.0 Å². The third-order valence-corrected chi connectivity index (χ3v) is 4.88. The zero-order chi connectivity index (χ0) is 17.1.